The second-order valence-corrected chi connectivity index (χ2v) is 11.9. The predicted molar refractivity (Wildman–Crippen MR) is 162 cm³/mol. The van der Waals surface area contributed by atoms with Gasteiger partial charge in [0.05, 0.1) is 16.7 Å². The average molecular weight is 577 g/mol. The van der Waals surface area contributed by atoms with Gasteiger partial charge < -0.3 is 19.6 Å². The van der Waals surface area contributed by atoms with Crippen LogP contribution in [0, 0.1) is 12.7 Å². The maximum absolute atomic E-state index is 16.8. The second-order valence-electron chi connectivity index (χ2n) is 11.5. The van der Waals surface area contributed by atoms with Gasteiger partial charge in [-0.2, -0.15) is 10.1 Å². The molecular formula is C30H34ClFN8O. The summed E-state index contributed by atoms with van der Waals surface area (Å²) < 4.78 is 16.8. The summed E-state index contributed by atoms with van der Waals surface area (Å²) in [6.45, 7) is 12.2. The standard InChI is InChI=1S/C30H34ClFN8O/c1-7-23(41)38-12-17(3)40(18(4)13-38)29-21-10-22(31)25(24-16(2)8-9-19-11-33-36-27(19)24)26(32)28(21)34-30(35-29)39-14-20(15-39)37(5)6/h7-11,17-18,20H,1,12-15H2,2-6H3,(H,33,36)/t17-,18+. The Balaban J connectivity index is 1.55. The van der Waals surface area contributed by atoms with Crippen LogP contribution in [0.2, 0.25) is 5.02 Å². The number of piperazine rings is 1. The van der Waals surface area contributed by atoms with Crippen molar-refractivity contribution in [1.82, 2.24) is 30.0 Å². The van der Waals surface area contributed by atoms with Crippen LogP contribution in [0.15, 0.2) is 37.1 Å². The highest BCUT2D eigenvalue weighted by atomic mass is 35.5. The third-order valence-corrected chi connectivity index (χ3v) is 8.75. The number of hydrogen-bond acceptors (Lipinski definition) is 7. The first-order chi connectivity index (χ1) is 19.6. The lowest BCUT2D eigenvalue weighted by Gasteiger charge is -2.46. The normalized spacial score (nSPS) is 19.9. The molecule has 0 unspecified atom stereocenters. The monoisotopic (exact) mass is 576 g/mol. The lowest BCUT2D eigenvalue weighted by atomic mass is 9.96. The summed E-state index contributed by atoms with van der Waals surface area (Å²) in [5.41, 5.74) is 2.78. The maximum Gasteiger partial charge on any atom is 0.246 e. The van der Waals surface area contributed by atoms with E-state index in [9.17, 15) is 4.79 Å². The van der Waals surface area contributed by atoms with Crippen molar-refractivity contribution in [3.8, 4) is 11.1 Å². The van der Waals surface area contributed by atoms with Crippen LogP contribution in [0.25, 0.3) is 32.9 Å². The van der Waals surface area contributed by atoms with Crippen molar-refractivity contribution in [3.63, 3.8) is 0 Å². The number of anilines is 2. The van der Waals surface area contributed by atoms with Gasteiger partial charge in [0.2, 0.25) is 11.9 Å². The van der Waals surface area contributed by atoms with E-state index >= 15 is 4.39 Å². The van der Waals surface area contributed by atoms with Crippen molar-refractivity contribution in [2.75, 3.05) is 50.1 Å². The summed E-state index contributed by atoms with van der Waals surface area (Å²) in [5, 5.41) is 8.88. The Morgan fingerprint density at radius 2 is 1.85 bits per heavy atom. The van der Waals surface area contributed by atoms with Crippen LogP contribution in [0.5, 0.6) is 0 Å². The number of aromatic nitrogens is 4. The first kappa shape index (κ1) is 27.4. The van der Waals surface area contributed by atoms with Gasteiger partial charge in [0, 0.05) is 66.2 Å². The van der Waals surface area contributed by atoms with E-state index in [1.165, 1.54) is 6.08 Å². The molecule has 2 aromatic carbocycles. The largest absolute Gasteiger partial charge is 0.347 e. The molecule has 2 saturated heterocycles. The topological polar surface area (TPSA) is 84.5 Å². The zero-order chi connectivity index (χ0) is 29.2. The Kier molecular flexibility index (Phi) is 6.86. The molecule has 0 saturated carbocycles. The quantitative estimate of drug-likeness (QED) is 0.347. The van der Waals surface area contributed by atoms with Crippen LogP contribution in [0.4, 0.5) is 16.2 Å². The number of carbonyl (C=O) groups is 1. The molecule has 0 bridgehead atoms. The van der Waals surface area contributed by atoms with E-state index in [4.69, 9.17) is 21.6 Å². The lowest BCUT2D eigenvalue weighted by Crippen LogP contribution is -2.59. The number of rotatable bonds is 5. The fourth-order valence-electron chi connectivity index (χ4n) is 6.17. The Morgan fingerprint density at radius 1 is 1.15 bits per heavy atom. The van der Waals surface area contributed by atoms with Gasteiger partial charge in [0.1, 0.15) is 11.3 Å². The van der Waals surface area contributed by atoms with Gasteiger partial charge in [-0.3, -0.25) is 9.89 Å². The van der Waals surface area contributed by atoms with Gasteiger partial charge in [-0.15, -0.1) is 0 Å². The number of hydrogen-bond donors (Lipinski definition) is 1. The van der Waals surface area contributed by atoms with Crippen LogP contribution in [-0.4, -0.2) is 94.3 Å². The minimum absolute atomic E-state index is 0.0815. The highest BCUT2D eigenvalue weighted by Crippen LogP contribution is 2.43. The van der Waals surface area contributed by atoms with Gasteiger partial charge in [-0.25, -0.2) is 9.37 Å². The van der Waals surface area contributed by atoms with E-state index in [0.717, 1.165) is 29.6 Å². The van der Waals surface area contributed by atoms with Gasteiger partial charge in [-0.05, 0) is 52.6 Å². The highest BCUT2D eigenvalue weighted by molar-refractivity contribution is 6.35. The third-order valence-electron chi connectivity index (χ3n) is 8.45. The molecule has 2 aliphatic rings. The Labute approximate surface area is 243 Å². The van der Waals surface area contributed by atoms with Crippen molar-refractivity contribution in [1.29, 1.82) is 0 Å². The van der Waals surface area contributed by atoms with Gasteiger partial charge in [0.25, 0.3) is 0 Å². The molecule has 6 rings (SSSR count). The molecular weight excluding hydrogens is 543 g/mol. The molecule has 2 aliphatic heterocycles. The first-order valence-corrected chi connectivity index (χ1v) is 14.2. The number of fused-ring (bicyclic) bond motifs is 2. The molecule has 4 aromatic rings. The molecule has 214 valence electrons. The van der Waals surface area contributed by atoms with Gasteiger partial charge in [-0.1, -0.05) is 30.3 Å². The SMILES string of the molecule is C=CC(=O)N1C[C@@H](C)N(c2nc(N3CC(N(C)C)C3)nc3c(F)c(-c4c(C)ccc5cn[nH]c45)c(Cl)cc23)[C@@H](C)C1. The molecule has 1 amide bonds. The predicted octanol–water partition coefficient (Wildman–Crippen LogP) is 4.64. The van der Waals surface area contributed by atoms with Crippen LogP contribution in [0.3, 0.4) is 0 Å². The van der Waals surface area contributed by atoms with Crippen molar-refractivity contribution in [3.05, 3.63) is 53.5 Å². The van der Waals surface area contributed by atoms with Crippen molar-refractivity contribution < 1.29 is 9.18 Å². The molecule has 2 fully saturated rings. The molecule has 4 heterocycles. The van der Waals surface area contributed by atoms with Crippen molar-refractivity contribution >= 4 is 51.1 Å². The summed E-state index contributed by atoms with van der Waals surface area (Å²) in [7, 11) is 4.10. The zero-order valence-corrected chi connectivity index (χ0v) is 24.7. The van der Waals surface area contributed by atoms with E-state index < -0.39 is 5.82 Å². The Hall–Kier alpha value is -3.76. The van der Waals surface area contributed by atoms with Crippen molar-refractivity contribution in [2.45, 2.75) is 38.9 Å². The number of nitrogens with one attached hydrogen (secondary N) is 1. The van der Waals surface area contributed by atoms with E-state index in [1.807, 2.05) is 32.9 Å². The number of halogens is 2. The van der Waals surface area contributed by atoms with Crippen LogP contribution < -0.4 is 9.80 Å². The number of H-pyrrole nitrogens is 1. The second kappa shape index (κ2) is 10.3. The summed E-state index contributed by atoms with van der Waals surface area (Å²) in [5.74, 6) is 0.508. The molecule has 9 nitrogen and oxygen atoms in total. The van der Waals surface area contributed by atoms with Gasteiger partial charge >= 0.3 is 0 Å². The molecule has 11 heteroatoms. The number of nitrogens with zero attached hydrogens (tertiary/aromatic N) is 7. The van der Waals surface area contributed by atoms with Crippen LogP contribution >= 0.6 is 11.6 Å². The fourth-order valence-corrected chi connectivity index (χ4v) is 6.46. The summed E-state index contributed by atoms with van der Waals surface area (Å²) >= 11 is 6.92. The smallest absolute Gasteiger partial charge is 0.246 e. The Morgan fingerprint density at radius 3 is 2.51 bits per heavy atom. The molecule has 0 radical (unpaired) electrons. The first-order valence-electron chi connectivity index (χ1n) is 13.8. The average Bonchev–Trinajstić information content (AvgIpc) is 3.37. The summed E-state index contributed by atoms with van der Waals surface area (Å²) in [6, 6.07) is 5.88. The number of amides is 1. The number of likely N-dealkylation sites (N-methyl/N-ethyl adjacent to an activating group) is 1. The lowest BCUT2D eigenvalue weighted by molar-refractivity contribution is -0.127. The number of carbonyl (C=O) groups excluding carboxylic acids is 1. The highest BCUT2D eigenvalue weighted by Gasteiger charge is 2.36. The molecule has 0 spiro atoms. The summed E-state index contributed by atoms with van der Waals surface area (Å²) in [4.78, 5) is 30.5. The number of aromatic amines is 1. The maximum atomic E-state index is 16.8. The molecule has 2 atom stereocenters. The number of benzene rings is 2. The van der Waals surface area contributed by atoms with Crippen LogP contribution in [0.1, 0.15) is 19.4 Å². The third kappa shape index (κ3) is 4.49. The summed E-state index contributed by atoms with van der Waals surface area (Å²) in [6.07, 6.45) is 3.06. The fraction of sp³-hybridized carbons (Fsp3) is 0.400. The molecule has 0 aliphatic carbocycles. The minimum Gasteiger partial charge on any atom is -0.347 e. The Bertz CT molecular complexity index is 1670. The molecule has 41 heavy (non-hydrogen) atoms. The van der Waals surface area contributed by atoms with Crippen LogP contribution in [-0.2, 0) is 4.79 Å². The minimum atomic E-state index is -0.493. The van der Waals surface area contributed by atoms with E-state index in [0.29, 0.717) is 47.4 Å². The zero-order valence-electron chi connectivity index (χ0n) is 23.9. The molecule has 1 N–H and O–H groups in total. The van der Waals surface area contributed by atoms with Gasteiger partial charge in [0.15, 0.2) is 5.82 Å². The van der Waals surface area contributed by atoms with E-state index in [2.05, 4.69) is 45.6 Å². The molecule has 2 aromatic heterocycles. The van der Waals surface area contributed by atoms with E-state index in [1.54, 1.807) is 17.2 Å². The number of aryl methyl sites for hydroxylation is 1. The van der Waals surface area contributed by atoms with Crippen molar-refractivity contribution in [2.24, 2.45) is 0 Å². The van der Waals surface area contributed by atoms with E-state index in [-0.39, 0.29) is 28.5 Å².